The number of anilines is 1. The number of fused-ring (bicyclic) bond motifs is 1. The van der Waals surface area contributed by atoms with Crippen LogP contribution >= 0.6 is 0 Å². The van der Waals surface area contributed by atoms with Crippen LogP contribution in [0, 0.1) is 5.41 Å². The molecule has 4 atom stereocenters. The Hall–Kier alpha value is -3.14. The summed E-state index contributed by atoms with van der Waals surface area (Å²) in [6.07, 6.45) is 0.897. The van der Waals surface area contributed by atoms with Crippen molar-refractivity contribution in [3.05, 3.63) is 39.8 Å². The largest absolute Gasteiger partial charge is 0.369 e. The zero-order valence-electron chi connectivity index (χ0n) is 22.8. The molecular weight excluding hydrogens is 486 g/mol. The number of Topliss-reactive ketones (excluding diaryl/α,β-unsaturated/α-hetero) is 1. The molecule has 1 aromatic rings. The topological polar surface area (TPSA) is 145 Å². The van der Waals surface area contributed by atoms with Crippen LogP contribution in [0.4, 0.5) is 5.69 Å². The van der Waals surface area contributed by atoms with E-state index < -0.39 is 30.0 Å². The third kappa shape index (κ3) is 5.80. The van der Waals surface area contributed by atoms with Crippen LogP contribution in [0.2, 0.25) is 0 Å². The van der Waals surface area contributed by atoms with Crippen LogP contribution in [0.1, 0.15) is 62.4 Å². The second kappa shape index (κ2) is 11.3. The minimum absolute atomic E-state index is 0.0929. The number of carbonyl (C=O) groups excluding carboxylic acids is 3. The highest BCUT2D eigenvalue weighted by Gasteiger charge is 2.53. The average Bonchev–Trinajstić information content (AvgIpc) is 3.43. The fourth-order valence-corrected chi connectivity index (χ4v) is 5.97. The van der Waals surface area contributed by atoms with E-state index in [1.807, 2.05) is 32.9 Å². The molecule has 0 saturated carbocycles. The second-order valence-corrected chi connectivity index (χ2v) is 11.7. The Morgan fingerprint density at radius 1 is 1.24 bits per heavy atom. The highest BCUT2D eigenvalue weighted by Crippen LogP contribution is 2.39. The van der Waals surface area contributed by atoms with Gasteiger partial charge in [0, 0.05) is 48.9 Å². The molecule has 0 bridgehead atoms. The van der Waals surface area contributed by atoms with Crippen LogP contribution in [0.3, 0.4) is 0 Å². The third-order valence-corrected chi connectivity index (χ3v) is 7.71. The Bertz CT molecular complexity index is 1120. The molecule has 1 aromatic carbocycles. The van der Waals surface area contributed by atoms with E-state index in [9.17, 15) is 14.4 Å². The Labute approximate surface area is 223 Å². The van der Waals surface area contributed by atoms with E-state index in [0.717, 1.165) is 44.8 Å². The summed E-state index contributed by atoms with van der Waals surface area (Å²) in [5, 5.41) is 3.81. The molecule has 11 heteroatoms. The molecule has 3 fully saturated rings. The van der Waals surface area contributed by atoms with Crippen LogP contribution < -0.4 is 10.6 Å². The van der Waals surface area contributed by atoms with E-state index in [2.05, 4.69) is 26.7 Å². The number of nitrogens with two attached hydrogens (primary N) is 1. The van der Waals surface area contributed by atoms with Crippen molar-refractivity contribution in [2.75, 3.05) is 50.8 Å². The lowest BCUT2D eigenvalue weighted by Gasteiger charge is -2.37. The summed E-state index contributed by atoms with van der Waals surface area (Å²) in [5.41, 5.74) is 16.4. The van der Waals surface area contributed by atoms with Crippen molar-refractivity contribution in [3.63, 3.8) is 0 Å². The van der Waals surface area contributed by atoms with Crippen molar-refractivity contribution in [2.24, 2.45) is 16.3 Å². The van der Waals surface area contributed by atoms with Crippen LogP contribution in [0.25, 0.3) is 10.4 Å². The zero-order valence-corrected chi connectivity index (χ0v) is 22.8. The molecule has 3 heterocycles. The second-order valence-electron chi connectivity index (χ2n) is 11.7. The Kier molecular flexibility index (Phi) is 8.30. The molecule has 3 aliphatic rings. The molecule has 38 heavy (non-hydrogen) atoms. The molecule has 0 radical (unpaired) electrons. The highest BCUT2D eigenvalue weighted by molar-refractivity contribution is 5.99. The summed E-state index contributed by atoms with van der Waals surface area (Å²) in [4.78, 5) is 48.7. The summed E-state index contributed by atoms with van der Waals surface area (Å²) < 4.78 is 5.61. The normalized spacial score (nSPS) is 24.7. The summed E-state index contributed by atoms with van der Waals surface area (Å²) in [6.45, 7) is 12.9. The van der Waals surface area contributed by atoms with Gasteiger partial charge in [-0.2, -0.15) is 0 Å². The number of piperazine rings is 1. The number of ketones is 1. The number of carbonyl (C=O) groups is 3. The first-order valence-corrected chi connectivity index (χ1v) is 13.4. The van der Waals surface area contributed by atoms with Crippen LogP contribution in [0.15, 0.2) is 23.3 Å². The number of primary amides is 1. The van der Waals surface area contributed by atoms with Crippen molar-refractivity contribution < 1.29 is 19.1 Å². The van der Waals surface area contributed by atoms with Gasteiger partial charge < -0.3 is 20.3 Å². The predicted octanol–water partition coefficient (Wildman–Crippen LogP) is 2.69. The fraction of sp³-hybridized carbons (Fsp3) is 0.667. The first-order chi connectivity index (χ1) is 18.0. The Morgan fingerprint density at radius 2 is 1.95 bits per heavy atom. The molecule has 2 N–H and O–H groups in total. The van der Waals surface area contributed by atoms with Gasteiger partial charge >= 0.3 is 0 Å². The molecular formula is C27H39N7O4. The van der Waals surface area contributed by atoms with Gasteiger partial charge in [-0.1, -0.05) is 32.8 Å². The average molecular weight is 526 g/mol. The molecule has 3 aliphatic heterocycles. The Morgan fingerprint density at radius 3 is 2.55 bits per heavy atom. The van der Waals surface area contributed by atoms with Crippen LogP contribution in [-0.4, -0.2) is 91.5 Å². The lowest BCUT2D eigenvalue weighted by atomic mass is 9.79. The number of hydrogen-bond acceptors (Lipinski definition) is 7. The van der Waals surface area contributed by atoms with E-state index >= 15 is 0 Å². The van der Waals surface area contributed by atoms with Crippen LogP contribution in [0.5, 0.6) is 0 Å². The monoisotopic (exact) mass is 525 g/mol. The van der Waals surface area contributed by atoms with Gasteiger partial charge in [-0.05, 0) is 54.1 Å². The smallest absolute Gasteiger partial charge is 0.249 e. The van der Waals surface area contributed by atoms with Crippen molar-refractivity contribution in [2.45, 2.75) is 64.6 Å². The summed E-state index contributed by atoms with van der Waals surface area (Å²) >= 11 is 0. The van der Waals surface area contributed by atoms with E-state index in [-0.39, 0.29) is 30.3 Å². The van der Waals surface area contributed by atoms with Gasteiger partial charge in [-0.3, -0.25) is 19.3 Å². The van der Waals surface area contributed by atoms with Gasteiger partial charge in [-0.15, -0.1) is 0 Å². The van der Waals surface area contributed by atoms with Crippen molar-refractivity contribution in [1.29, 1.82) is 0 Å². The van der Waals surface area contributed by atoms with E-state index in [4.69, 9.17) is 16.0 Å². The molecule has 3 saturated heterocycles. The molecule has 0 aromatic heterocycles. The predicted molar refractivity (Wildman–Crippen MR) is 144 cm³/mol. The number of likely N-dealkylation sites (tertiary alicyclic amines) is 1. The van der Waals surface area contributed by atoms with Crippen molar-refractivity contribution >= 4 is 23.3 Å². The van der Waals surface area contributed by atoms with Crippen molar-refractivity contribution in [3.8, 4) is 0 Å². The van der Waals surface area contributed by atoms with Gasteiger partial charge in [0.2, 0.25) is 11.8 Å². The fourth-order valence-electron chi connectivity index (χ4n) is 5.97. The minimum Gasteiger partial charge on any atom is -0.369 e. The lowest BCUT2D eigenvalue weighted by molar-refractivity contribution is -0.138. The summed E-state index contributed by atoms with van der Waals surface area (Å²) in [6, 6.07) is 4.10. The van der Waals surface area contributed by atoms with Gasteiger partial charge in [-0.25, -0.2) is 0 Å². The minimum atomic E-state index is -0.799. The van der Waals surface area contributed by atoms with Gasteiger partial charge in [0.25, 0.3) is 0 Å². The number of ether oxygens (including phenoxy) is 1. The summed E-state index contributed by atoms with van der Waals surface area (Å²) in [5.74, 6) is -1.80. The van der Waals surface area contributed by atoms with Crippen LogP contribution in [-0.2, 0) is 14.3 Å². The Balaban J connectivity index is 1.71. The highest BCUT2D eigenvalue weighted by atomic mass is 16.5. The third-order valence-electron chi connectivity index (χ3n) is 7.71. The molecule has 0 aliphatic carbocycles. The SMILES string of the molecule is CCCN1CCN(c2ccc(C(N)=O)c([C@H](CC(C)(C)C)C(=O)N3C[C@H](N=[N+]=[N-])[C@H]4OCC(=O)[C@H]43)c2)CC1. The quantitative estimate of drug-likeness (QED) is 0.314. The molecule has 11 nitrogen and oxygen atoms in total. The van der Waals surface area contributed by atoms with E-state index in [1.54, 1.807) is 6.07 Å². The first-order valence-electron chi connectivity index (χ1n) is 13.4. The maximum Gasteiger partial charge on any atom is 0.249 e. The van der Waals surface area contributed by atoms with Gasteiger partial charge in [0.05, 0.1) is 18.1 Å². The molecule has 0 spiro atoms. The first kappa shape index (κ1) is 27.9. The lowest BCUT2D eigenvalue weighted by Crippen LogP contribution is -2.46. The van der Waals surface area contributed by atoms with E-state index in [0.29, 0.717) is 17.5 Å². The number of benzene rings is 1. The number of rotatable bonds is 8. The molecule has 206 valence electrons. The maximum absolute atomic E-state index is 14.2. The number of nitrogens with zero attached hydrogens (tertiary/aromatic N) is 6. The molecule has 0 unspecified atom stereocenters. The number of hydrogen-bond donors (Lipinski definition) is 1. The number of azide groups is 1. The molecule has 2 amide bonds. The number of amides is 2. The maximum atomic E-state index is 14.2. The van der Waals surface area contributed by atoms with E-state index in [1.165, 1.54) is 4.90 Å². The zero-order chi connectivity index (χ0) is 27.6. The standard InChI is InChI=1S/C27H39N7O4/c1-5-8-32-9-11-33(12-10-32)17-6-7-18(25(28)36)19(13-17)20(14-27(2,3)4)26(37)34-15-21(30-31-29)24-23(34)22(35)16-38-24/h6-7,13,20-21,23-24H,5,8-12,14-16H2,1-4H3,(H2,28,36)/t20-,21-,23+,24+/m0/s1. The summed E-state index contributed by atoms with van der Waals surface area (Å²) in [7, 11) is 0. The van der Waals surface area contributed by atoms with Gasteiger partial charge in [0.15, 0.2) is 5.78 Å². The molecule has 4 rings (SSSR count). The van der Waals surface area contributed by atoms with Crippen molar-refractivity contribution in [1.82, 2.24) is 9.80 Å². The van der Waals surface area contributed by atoms with Gasteiger partial charge in [0.1, 0.15) is 12.6 Å².